The molecule has 0 spiro atoms. The number of carbonyl (C=O) groups is 1. The highest BCUT2D eigenvalue weighted by molar-refractivity contribution is 8.21. The highest BCUT2D eigenvalue weighted by Gasteiger charge is 2.55. The smallest absolute Gasteiger partial charge is 0.337 e. The fourth-order valence-electron chi connectivity index (χ4n) is 4.91. The zero-order valence-corrected chi connectivity index (χ0v) is 22.3. The SMILES string of the molecule is C=C(C(=O)OCC)[C@@H]1Oc2ccccc2[C@]1(NP(=S)(c1ccccc1)c1ccccc1)c1ccccc1. The lowest BCUT2D eigenvalue weighted by Crippen LogP contribution is -2.53. The molecule has 186 valence electrons. The number of hydrogen-bond acceptors (Lipinski definition) is 4. The minimum absolute atomic E-state index is 0.233. The van der Waals surface area contributed by atoms with Crippen LogP contribution in [0.1, 0.15) is 18.1 Å². The summed E-state index contributed by atoms with van der Waals surface area (Å²) in [6.45, 7) is 6.20. The molecule has 5 rings (SSSR count). The van der Waals surface area contributed by atoms with Gasteiger partial charge in [-0.25, -0.2) is 4.79 Å². The number of rotatable bonds is 8. The second-order valence-electron chi connectivity index (χ2n) is 8.81. The molecule has 0 saturated carbocycles. The first kappa shape index (κ1) is 25.2. The summed E-state index contributed by atoms with van der Waals surface area (Å²) < 4.78 is 11.9. The molecule has 0 radical (unpaired) electrons. The standard InChI is InChI=1S/C31H28NO3PS/c1-3-34-30(33)23(2)29-31(24-15-7-4-8-16-24,27-21-13-14-22-28(27)35-29)32-36(37,25-17-9-5-10-18-25)26-19-11-6-12-20-26/h4-22,29H,2-3H2,1H3,(H,32,37)/t29-,31+/m0/s1. The maximum atomic E-state index is 13.1. The molecule has 0 bridgehead atoms. The predicted molar refractivity (Wildman–Crippen MR) is 153 cm³/mol. The van der Waals surface area contributed by atoms with Crippen molar-refractivity contribution in [3.63, 3.8) is 0 Å². The first-order valence-corrected chi connectivity index (χ1v) is 15.0. The molecule has 0 unspecified atom stereocenters. The summed E-state index contributed by atoms with van der Waals surface area (Å²) >= 11 is 6.63. The van der Waals surface area contributed by atoms with Crippen molar-refractivity contribution >= 4 is 34.6 Å². The van der Waals surface area contributed by atoms with Crippen molar-refractivity contribution in [2.75, 3.05) is 6.61 Å². The molecule has 1 aliphatic heterocycles. The van der Waals surface area contributed by atoms with Gasteiger partial charge in [0.15, 0.2) is 6.10 Å². The number of fused-ring (bicyclic) bond motifs is 1. The van der Waals surface area contributed by atoms with Crippen LogP contribution in [0, 0.1) is 0 Å². The van der Waals surface area contributed by atoms with Crippen LogP contribution in [0.15, 0.2) is 127 Å². The summed E-state index contributed by atoms with van der Waals surface area (Å²) in [5.41, 5.74) is 1.06. The van der Waals surface area contributed by atoms with Crippen molar-refractivity contribution in [1.82, 2.24) is 5.09 Å². The summed E-state index contributed by atoms with van der Waals surface area (Å²) in [7, 11) is 0. The van der Waals surface area contributed by atoms with E-state index >= 15 is 0 Å². The largest absolute Gasteiger partial charge is 0.482 e. The molecule has 1 heterocycles. The molecule has 37 heavy (non-hydrogen) atoms. The minimum atomic E-state index is -2.67. The Kier molecular flexibility index (Phi) is 7.12. The molecule has 4 aromatic rings. The van der Waals surface area contributed by atoms with Gasteiger partial charge in [-0.1, -0.05) is 128 Å². The molecule has 1 aliphatic rings. The molecule has 4 nitrogen and oxygen atoms in total. The number of esters is 1. The normalized spacial score (nSPS) is 18.5. The van der Waals surface area contributed by atoms with E-state index < -0.39 is 23.8 Å². The third kappa shape index (κ3) is 4.44. The Bertz CT molecular complexity index is 1420. The van der Waals surface area contributed by atoms with Gasteiger partial charge in [-0.15, -0.1) is 0 Å². The van der Waals surface area contributed by atoms with Crippen molar-refractivity contribution in [3.8, 4) is 5.75 Å². The van der Waals surface area contributed by atoms with Crippen LogP contribution in [0.2, 0.25) is 0 Å². The van der Waals surface area contributed by atoms with Gasteiger partial charge in [-0.2, -0.15) is 0 Å². The molecule has 0 aliphatic carbocycles. The van der Waals surface area contributed by atoms with Crippen LogP contribution in [0.5, 0.6) is 5.75 Å². The van der Waals surface area contributed by atoms with E-state index in [0.717, 1.165) is 21.7 Å². The number of nitrogens with one attached hydrogen (secondary N) is 1. The number of para-hydroxylation sites is 1. The van der Waals surface area contributed by atoms with Crippen LogP contribution >= 0.6 is 6.19 Å². The van der Waals surface area contributed by atoms with Crippen LogP contribution in [0.25, 0.3) is 0 Å². The fraction of sp³-hybridized carbons (Fsp3) is 0.129. The summed E-state index contributed by atoms with van der Waals surface area (Å²) in [4.78, 5) is 13.1. The number of carbonyl (C=O) groups excluding carboxylic acids is 1. The van der Waals surface area contributed by atoms with Crippen molar-refractivity contribution in [2.24, 2.45) is 0 Å². The van der Waals surface area contributed by atoms with Crippen LogP contribution in [-0.2, 0) is 26.9 Å². The second kappa shape index (κ2) is 10.5. The Morgan fingerprint density at radius 2 is 1.41 bits per heavy atom. The maximum absolute atomic E-state index is 13.1. The monoisotopic (exact) mass is 525 g/mol. The van der Waals surface area contributed by atoms with E-state index in [1.165, 1.54) is 0 Å². The van der Waals surface area contributed by atoms with Crippen LogP contribution in [0.4, 0.5) is 0 Å². The van der Waals surface area contributed by atoms with Crippen LogP contribution < -0.4 is 20.4 Å². The van der Waals surface area contributed by atoms with Gasteiger partial charge in [0.25, 0.3) is 0 Å². The molecule has 6 heteroatoms. The average molecular weight is 526 g/mol. The molecule has 2 atom stereocenters. The third-order valence-corrected chi connectivity index (χ3v) is 10.9. The predicted octanol–water partition coefficient (Wildman–Crippen LogP) is 5.45. The van der Waals surface area contributed by atoms with Gasteiger partial charge in [-0.05, 0) is 18.6 Å². The van der Waals surface area contributed by atoms with E-state index in [1.54, 1.807) is 6.92 Å². The minimum Gasteiger partial charge on any atom is -0.482 e. The lowest BCUT2D eigenvalue weighted by atomic mass is 9.78. The molecule has 0 fully saturated rings. The van der Waals surface area contributed by atoms with Gasteiger partial charge < -0.3 is 9.47 Å². The van der Waals surface area contributed by atoms with E-state index in [1.807, 2.05) is 91.0 Å². The highest BCUT2D eigenvalue weighted by Crippen LogP contribution is 2.54. The van der Waals surface area contributed by atoms with Crippen LogP contribution in [-0.4, -0.2) is 18.7 Å². The fourth-order valence-corrected chi connectivity index (χ4v) is 8.67. The van der Waals surface area contributed by atoms with E-state index in [0.29, 0.717) is 5.75 Å². The summed E-state index contributed by atoms with van der Waals surface area (Å²) in [6.07, 6.45) is -3.45. The van der Waals surface area contributed by atoms with Crippen LogP contribution in [0.3, 0.4) is 0 Å². The molecule has 4 aromatic carbocycles. The molecule has 0 saturated heterocycles. The molecule has 0 aromatic heterocycles. The van der Waals surface area contributed by atoms with Gasteiger partial charge in [0.1, 0.15) is 11.3 Å². The van der Waals surface area contributed by atoms with Gasteiger partial charge in [0, 0.05) is 16.2 Å². The lowest BCUT2D eigenvalue weighted by molar-refractivity contribution is -0.139. The summed E-state index contributed by atoms with van der Waals surface area (Å²) in [5.74, 6) is 0.187. The average Bonchev–Trinajstić information content (AvgIpc) is 3.29. The van der Waals surface area contributed by atoms with Crippen molar-refractivity contribution in [1.29, 1.82) is 0 Å². The van der Waals surface area contributed by atoms with E-state index in [4.69, 9.17) is 21.3 Å². The van der Waals surface area contributed by atoms with E-state index in [2.05, 4.69) is 35.9 Å². The van der Waals surface area contributed by atoms with Crippen molar-refractivity contribution < 1.29 is 14.3 Å². The van der Waals surface area contributed by atoms with Gasteiger partial charge >= 0.3 is 5.97 Å². The first-order chi connectivity index (χ1) is 18.0. The molecular weight excluding hydrogens is 497 g/mol. The van der Waals surface area contributed by atoms with Gasteiger partial charge in [0.05, 0.1) is 18.4 Å². The first-order valence-electron chi connectivity index (χ1n) is 12.2. The van der Waals surface area contributed by atoms with Crippen molar-refractivity contribution in [2.45, 2.75) is 18.6 Å². The Hall–Kier alpha value is -3.50. The van der Waals surface area contributed by atoms with E-state index in [9.17, 15) is 4.79 Å². The summed E-state index contributed by atoms with van der Waals surface area (Å²) in [6, 6.07) is 38.1. The zero-order chi connectivity index (χ0) is 25.9. The third-order valence-electron chi connectivity index (χ3n) is 6.61. The number of benzene rings is 4. The van der Waals surface area contributed by atoms with Gasteiger partial charge in [0.2, 0.25) is 0 Å². The topological polar surface area (TPSA) is 47.6 Å². The zero-order valence-electron chi connectivity index (χ0n) is 20.5. The highest BCUT2D eigenvalue weighted by atomic mass is 32.4. The second-order valence-corrected chi connectivity index (χ2v) is 12.9. The maximum Gasteiger partial charge on any atom is 0.337 e. The van der Waals surface area contributed by atoms with E-state index in [-0.39, 0.29) is 12.2 Å². The Morgan fingerprint density at radius 3 is 1.97 bits per heavy atom. The molecule has 1 N–H and O–H groups in total. The quantitative estimate of drug-likeness (QED) is 0.189. The lowest BCUT2D eigenvalue weighted by Gasteiger charge is -2.41. The molecular formula is C31H28NO3PS. The summed E-state index contributed by atoms with van der Waals surface area (Å²) in [5, 5.41) is 5.99. The Morgan fingerprint density at radius 1 is 0.892 bits per heavy atom. The Balaban J connectivity index is 1.80. The number of ether oxygens (including phenoxy) is 2. The molecule has 0 amide bonds. The van der Waals surface area contributed by atoms with Gasteiger partial charge in [-0.3, -0.25) is 5.09 Å². The Labute approximate surface area is 223 Å². The van der Waals surface area contributed by atoms with Crippen molar-refractivity contribution in [3.05, 3.63) is 139 Å². The number of hydrogen-bond donors (Lipinski definition) is 1.